The topological polar surface area (TPSA) is 25.2 Å². The normalized spacial score (nSPS) is 16.4. The molecular weight excluding hydrogens is 182 g/mol. The molecule has 1 fully saturated rings. The quantitative estimate of drug-likeness (QED) is 0.580. The van der Waals surface area contributed by atoms with Crippen LogP contribution in [0.25, 0.3) is 0 Å². The lowest BCUT2D eigenvalue weighted by Gasteiger charge is -2.01. The minimum Gasteiger partial charge on any atom is -0.468 e. The van der Waals surface area contributed by atoms with Gasteiger partial charge in [-0.2, -0.15) is 0 Å². The second-order valence-electron chi connectivity index (χ2n) is 3.42. The Balaban J connectivity index is 1.64. The van der Waals surface area contributed by atoms with Crippen molar-refractivity contribution in [3.05, 3.63) is 18.1 Å². The highest BCUT2D eigenvalue weighted by Gasteiger charge is 2.19. The van der Waals surface area contributed by atoms with E-state index in [4.69, 9.17) is 4.42 Å². The average Bonchev–Trinajstić information content (AvgIpc) is 2.86. The van der Waals surface area contributed by atoms with E-state index in [1.165, 1.54) is 17.7 Å². The maximum Gasteiger partial charge on any atom is 0.114 e. The highest BCUT2D eigenvalue weighted by atomic mass is 32.2. The number of aryl methyl sites for hydroxylation is 1. The molecule has 0 radical (unpaired) electrons. The van der Waals surface area contributed by atoms with Crippen molar-refractivity contribution in [3.8, 4) is 0 Å². The lowest BCUT2D eigenvalue weighted by molar-refractivity contribution is 0.527. The fourth-order valence-electron chi connectivity index (χ4n) is 1.23. The van der Waals surface area contributed by atoms with E-state index in [0.717, 1.165) is 24.1 Å². The van der Waals surface area contributed by atoms with Crippen molar-refractivity contribution in [3.63, 3.8) is 0 Å². The highest BCUT2D eigenvalue weighted by Crippen LogP contribution is 2.23. The molecule has 72 valence electrons. The first-order chi connectivity index (χ1) is 6.36. The third kappa shape index (κ3) is 2.78. The van der Waals surface area contributed by atoms with Crippen molar-refractivity contribution in [1.29, 1.82) is 0 Å². The summed E-state index contributed by atoms with van der Waals surface area (Å²) < 4.78 is 5.21. The molecule has 1 aliphatic carbocycles. The monoisotopic (exact) mass is 197 g/mol. The number of rotatable bonds is 5. The molecule has 0 bridgehead atoms. The summed E-state index contributed by atoms with van der Waals surface area (Å²) in [6.07, 6.45) is 4.50. The van der Waals surface area contributed by atoms with E-state index in [0.29, 0.717) is 0 Å². The molecule has 0 aromatic carbocycles. The molecule has 1 aromatic rings. The summed E-state index contributed by atoms with van der Waals surface area (Å²) in [5.74, 6) is 2.17. The smallest absolute Gasteiger partial charge is 0.114 e. The summed E-state index contributed by atoms with van der Waals surface area (Å²) in [6.45, 7) is 3.12. The molecule has 1 aromatic heterocycles. The van der Waals surface area contributed by atoms with Crippen LogP contribution in [0.15, 0.2) is 21.6 Å². The van der Waals surface area contributed by atoms with Crippen molar-refractivity contribution in [2.24, 2.45) is 0 Å². The molecule has 1 saturated carbocycles. The van der Waals surface area contributed by atoms with E-state index in [2.05, 4.69) is 5.32 Å². The van der Waals surface area contributed by atoms with Gasteiger partial charge in [-0.05, 0) is 25.8 Å². The van der Waals surface area contributed by atoms with Crippen molar-refractivity contribution >= 4 is 11.8 Å². The van der Waals surface area contributed by atoms with Crippen LogP contribution < -0.4 is 5.32 Å². The summed E-state index contributed by atoms with van der Waals surface area (Å²) >= 11 is 1.87. The zero-order chi connectivity index (χ0) is 9.10. The molecule has 0 atom stereocenters. The van der Waals surface area contributed by atoms with Crippen molar-refractivity contribution < 1.29 is 4.42 Å². The molecule has 2 nitrogen and oxygen atoms in total. The first-order valence-electron chi connectivity index (χ1n) is 4.76. The van der Waals surface area contributed by atoms with Gasteiger partial charge in [0.1, 0.15) is 5.76 Å². The van der Waals surface area contributed by atoms with Gasteiger partial charge in [0.05, 0.1) is 6.26 Å². The molecule has 0 spiro atoms. The van der Waals surface area contributed by atoms with Gasteiger partial charge in [0.2, 0.25) is 0 Å². The van der Waals surface area contributed by atoms with Crippen LogP contribution in [0.1, 0.15) is 18.6 Å². The minimum atomic E-state index is 0.825. The Kier molecular flexibility index (Phi) is 2.96. The predicted octanol–water partition coefficient (Wildman–Crippen LogP) is 2.43. The minimum absolute atomic E-state index is 0.825. The van der Waals surface area contributed by atoms with Gasteiger partial charge in [-0.3, -0.25) is 0 Å². The van der Waals surface area contributed by atoms with Gasteiger partial charge in [0.15, 0.2) is 0 Å². The van der Waals surface area contributed by atoms with Gasteiger partial charge >= 0.3 is 0 Å². The summed E-state index contributed by atoms with van der Waals surface area (Å²) in [4.78, 5) is 1.28. The average molecular weight is 197 g/mol. The lowest BCUT2D eigenvalue weighted by Crippen LogP contribution is -2.18. The van der Waals surface area contributed by atoms with E-state index >= 15 is 0 Å². The fourth-order valence-corrected chi connectivity index (χ4v) is 2.08. The van der Waals surface area contributed by atoms with Gasteiger partial charge in [0.25, 0.3) is 0 Å². The van der Waals surface area contributed by atoms with E-state index in [9.17, 15) is 0 Å². The molecule has 1 heterocycles. The Hall–Kier alpha value is -0.410. The van der Waals surface area contributed by atoms with E-state index < -0.39 is 0 Å². The molecule has 0 saturated heterocycles. The number of furan rings is 1. The molecule has 2 rings (SSSR count). The Labute approximate surface area is 83.1 Å². The zero-order valence-electron chi connectivity index (χ0n) is 7.88. The van der Waals surface area contributed by atoms with E-state index in [1.54, 1.807) is 6.26 Å². The molecule has 0 unspecified atom stereocenters. The SMILES string of the molecule is Cc1occc1SCCNC1CC1. The number of thioether (sulfide) groups is 1. The van der Waals surface area contributed by atoms with Gasteiger partial charge in [-0.1, -0.05) is 0 Å². The standard InChI is InChI=1S/C10H15NOS/c1-8-10(4-6-12-8)13-7-5-11-9-2-3-9/h4,6,9,11H,2-3,5,7H2,1H3. The maximum atomic E-state index is 5.21. The molecule has 1 aliphatic rings. The first-order valence-corrected chi connectivity index (χ1v) is 5.75. The van der Waals surface area contributed by atoms with Gasteiger partial charge in [-0.15, -0.1) is 11.8 Å². The molecular formula is C10H15NOS. The highest BCUT2D eigenvalue weighted by molar-refractivity contribution is 7.99. The van der Waals surface area contributed by atoms with E-state index in [1.807, 2.05) is 24.8 Å². The molecule has 0 aliphatic heterocycles. The Morgan fingerprint density at radius 2 is 2.46 bits per heavy atom. The van der Waals surface area contributed by atoms with Crippen molar-refractivity contribution in [2.75, 3.05) is 12.3 Å². The summed E-state index contributed by atoms with van der Waals surface area (Å²) in [7, 11) is 0. The summed E-state index contributed by atoms with van der Waals surface area (Å²) in [5, 5.41) is 3.49. The molecule has 1 N–H and O–H groups in total. The van der Waals surface area contributed by atoms with Crippen LogP contribution in [-0.2, 0) is 0 Å². The predicted molar refractivity (Wildman–Crippen MR) is 55.2 cm³/mol. The van der Waals surface area contributed by atoms with Gasteiger partial charge in [0, 0.05) is 23.2 Å². The second-order valence-corrected chi connectivity index (χ2v) is 4.55. The van der Waals surface area contributed by atoms with E-state index in [-0.39, 0.29) is 0 Å². The maximum absolute atomic E-state index is 5.21. The van der Waals surface area contributed by atoms with Crippen molar-refractivity contribution in [2.45, 2.75) is 30.7 Å². The lowest BCUT2D eigenvalue weighted by atomic mass is 10.5. The third-order valence-electron chi connectivity index (χ3n) is 2.18. The second kappa shape index (κ2) is 4.20. The van der Waals surface area contributed by atoms with Crippen LogP contribution in [0.5, 0.6) is 0 Å². The number of nitrogens with one attached hydrogen (secondary N) is 1. The Morgan fingerprint density at radius 1 is 1.62 bits per heavy atom. The van der Waals surface area contributed by atoms with Crippen LogP contribution >= 0.6 is 11.8 Å². The number of hydrogen-bond acceptors (Lipinski definition) is 3. The van der Waals surface area contributed by atoms with Crippen LogP contribution in [0, 0.1) is 6.92 Å². The fraction of sp³-hybridized carbons (Fsp3) is 0.600. The Bertz CT molecular complexity index is 268. The number of hydrogen-bond donors (Lipinski definition) is 1. The zero-order valence-corrected chi connectivity index (χ0v) is 8.69. The van der Waals surface area contributed by atoms with Crippen LogP contribution in [-0.4, -0.2) is 18.3 Å². The Morgan fingerprint density at radius 3 is 3.08 bits per heavy atom. The third-order valence-corrected chi connectivity index (χ3v) is 3.32. The van der Waals surface area contributed by atoms with Gasteiger partial charge in [-0.25, -0.2) is 0 Å². The van der Waals surface area contributed by atoms with Crippen molar-refractivity contribution in [1.82, 2.24) is 5.32 Å². The summed E-state index contributed by atoms with van der Waals surface area (Å²) in [6, 6.07) is 2.86. The largest absolute Gasteiger partial charge is 0.468 e. The van der Waals surface area contributed by atoms with Crippen LogP contribution in [0.2, 0.25) is 0 Å². The molecule has 3 heteroatoms. The van der Waals surface area contributed by atoms with Gasteiger partial charge < -0.3 is 9.73 Å². The van der Waals surface area contributed by atoms with Crippen LogP contribution in [0.3, 0.4) is 0 Å². The first kappa shape index (κ1) is 9.16. The molecule has 0 amide bonds. The molecule has 13 heavy (non-hydrogen) atoms. The van der Waals surface area contributed by atoms with Crippen LogP contribution in [0.4, 0.5) is 0 Å². The summed E-state index contributed by atoms with van der Waals surface area (Å²) in [5.41, 5.74) is 0.